The molecule has 29 heavy (non-hydrogen) atoms. The van der Waals surface area contributed by atoms with Crippen molar-refractivity contribution < 1.29 is 14.3 Å². The molecule has 3 heterocycles. The van der Waals surface area contributed by atoms with Crippen molar-refractivity contribution in [3.63, 3.8) is 0 Å². The van der Waals surface area contributed by atoms with Crippen LogP contribution in [0.4, 0.5) is 0 Å². The van der Waals surface area contributed by atoms with Gasteiger partial charge in [0.15, 0.2) is 0 Å². The highest BCUT2D eigenvalue weighted by atomic mass is 16.5. The summed E-state index contributed by atoms with van der Waals surface area (Å²) in [6.07, 6.45) is 6.77. The molecule has 2 aliphatic rings. The Kier molecular flexibility index (Phi) is 6.31. The van der Waals surface area contributed by atoms with E-state index in [1.165, 1.54) is 5.56 Å². The van der Waals surface area contributed by atoms with Crippen LogP contribution in [-0.2, 0) is 23.1 Å². The quantitative estimate of drug-likeness (QED) is 0.701. The number of aryl methyl sites for hydroxylation is 1. The van der Waals surface area contributed by atoms with Crippen molar-refractivity contribution in [3.8, 4) is 0 Å². The van der Waals surface area contributed by atoms with Crippen molar-refractivity contribution in [2.45, 2.75) is 44.3 Å². The maximum atomic E-state index is 12.7. The van der Waals surface area contributed by atoms with Gasteiger partial charge in [-0.05, 0) is 49.7 Å². The van der Waals surface area contributed by atoms with Gasteiger partial charge in [0.2, 0.25) is 0 Å². The van der Waals surface area contributed by atoms with Crippen LogP contribution < -0.4 is 0 Å². The average molecular weight is 398 g/mol. The predicted molar refractivity (Wildman–Crippen MR) is 110 cm³/mol. The third-order valence-corrected chi connectivity index (χ3v) is 6.38. The van der Waals surface area contributed by atoms with Crippen molar-refractivity contribution in [3.05, 3.63) is 53.9 Å². The van der Waals surface area contributed by atoms with Crippen LogP contribution in [0.25, 0.3) is 0 Å². The molecule has 1 spiro atoms. The maximum absolute atomic E-state index is 12.7. The smallest absolute Gasteiger partial charge is 0.272 e. The maximum Gasteiger partial charge on any atom is 0.272 e. The summed E-state index contributed by atoms with van der Waals surface area (Å²) in [6.45, 7) is 3.79. The zero-order valence-corrected chi connectivity index (χ0v) is 17.3. The van der Waals surface area contributed by atoms with Crippen molar-refractivity contribution in [1.29, 1.82) is 0 Å². The first-order valence-corrected chi connectivity index (χ1v) is 10.7. The Labute approximate surface area is 172 Å². The summed E-state index contributed by atoms with van der Waals surface area (Å²) in [5.41, 5.74) is 1.81. The molecule has 0 radical (unpaired) electrons. The van der Waals surface area contributed by atoms with Gasteiger partial charge in [-0.2, -0.15) is 5.10 Å². The van der Waals surface area contributed by atoms with Gasteiger partial charge in [0.25, 0.3) is 5.91 Å². The summed E-state index contributed by atoms with van der Waals surface area (Å²) in [7, 11) is 1.81. The number of rotatable bonds is 6. The predicted octanol–water partition coefficient (Wildman–Crippen LogP) is 3.43. The van der Waals surface area contributed by atoms with Crippen molar-refractivity contribution in [2.24, 2.45) is 13.0 Å². The molecule has 1 amide bonds. The number of nitrogens with zero attached hydrogens (tertiary/aromatic N) is 3. The minimum Gasteiger partial charge on any atom is -0.377 e. The normalized spacial score (nSPS) is 21.4. The van der Waals surface area contributed by atoms with Crippen LogP contribution in [-0.4, -0.2) is 52.5 Å². The van der Waals surface area contributed by atoms with Crippen LogP contribution in [0.1, 0.15) is 48.2 Å². The molecule has 4 rings (SSSR count). The average Bonchev–Trinajstić information content (AvgIpc) is 3.18. The Morgan fingerprint density at radius 1 is 1.24 bits per heavy atom. The molecule has 0 N–H and O–H groups in total. The van der Waals surface area contributed by atoms with Gasteiger partial charge in [-0.1, -0.05) is 30.3 Å². The number of hydrogen-bond acceptors (Lipinski definition) is 4. The van der Waals surface area contributed by atoms with E-state index in [9.17, 15) is 4.79 Å². The number of piperidine rings is 1. The lowest BCUT2D eigenvalue weighted by atomic mass is 9.78. The van der Waals surface area contributed by atoms with E-state index in [0.717, 1.165) is 58.4 Å². The minimum atomic E-state index is -0.0639. The SMILES string of the molecule is Cn1nccc1C(=O)N1CCC2(CC1)CC(CCOCc1ccccc1)CCO2. The highest BCUT2D eigenvalue weighted by Gasteiger charge is 2.41. The van der Waals surface area contributed by atoms with E-state index in [0.29, 0.717) is 18.2 Å². The van der Waals surface area contributed by atoms with Gasteiger partial charge in [0.05, 0.1) is 12.2 Å². The highest BCUT2D eigenvalue weighted by Crippen LogP contribution is 2.39. The van der Waals surface area contributed by atoms with Gasteiger partial charge >= 0.3 is 0 Å². The monoisotopic (exact) mass is 397 g/mol. The number of benzene rings is 1. The van der Waals surface area contributed by atoms with E-state index in [1.807, 2.05) is 30.1 Å². The molecule has 0 bridgehead atoms. The van der Waals surface area contributed by atoms with Gasteiger partial charge in [-0.15, -0.1) is 0 Å². The van der Waals surface area contributed by atoms with Crippen LogP contribution in [0.2, 0.25) is 0 Å². The van der Waals surface area contributed by atoms with E-state index >= 15 is 0 Å². The Balaban J connectivity index is 1.23. The molecular weight excluding hydrogens is 366 g/mol. The fourth-order valence-electron chi connectivity index (χ4n) is 4.60. The molecule has 2 saturated heterocycles. The Morgan fingerprint density at radius 3 is 2.76 bits per heavy atom. The van der Waals surface area contributed by atoms with E-state index in [-0.39, 0.29) is 11.5 Å². The van der Waals surface area contributed by atoms with Gasteiger partial charge in [0, 0.05) is 39.5 Å². The molecular formula is C23H31N3O3. The Hall–Kier alpha value is -2.18. The molecule has 1 atom stereocenters. The molecule has 1 aromatic heterocycles. The van der Waals surface area contributed by atoms with Crippen LogP contribution in [0, 0.1) is 5.92 Å². The number of amides is 1. The van der Waals surface area contributed by atoms with E-state index in [4.69, 9.17) is 9.47 Å². The van der Waals surface area contributed by atoms with Crippen LogP contribution in [0.3, 0.4) is 0 Å². The lowest BCUT2D eigenvalue weighted by Gasteiger charge is -2.46. The largest absolute Gasteiger partial charge is 0.377 e. The standard InChI is InChI=1S/C23H31N3O3/c1-25-21(7-12-24-25)22(27)26-13-10-23(11-14-26)17-19(9-16-29-23)8-15-28-18-20-5-3-2-4-6-20/h2-7,12,19H,8-11,13-18H2,1H3. The number of hydrogen-bond donors (Lipinski definition) is 0. The molecule has 0 saturated carbocycles. The lowest BCUT2D eigenvalue weighted by Crippen LogP contribution is -2.51. The Morgan fingerprint density at radius 2 is 2.03 bits per heavy atom. The second kappa shape index (κ2) is 9.09. The topological polar surface area (TPSA) is 56.6 Å². The summed E-state index contributed by atoms with van der Waals surface area (Å²) in [5, 5.41) is 4.11. The van der Waals surface area contributed by atoms with E-state index in [1.54, 1.807) is 16.9 Å². The van der Waals surface area contributed by atoms with Gasteiger partial charge in [-0.3, -0.25) is 9.48 Å². The molecule has 2 aromatic rings. The highest BCUT2D eigenvalue weighted by molar-refractivity contribution is 5.92. The molecule has 156 valence electrons. The molecule has 0 aliphatic carbocycles. The molecule has 6 heteroatoms. The first-order chi connectivity index (χ1) is 14.2. The number of aromatic nitrogens is 2. The molecule has 6 nitrogen and oxygen atoms in total. The third kappa shape index (κ3) is 4.87. The number of likely N-dealkylation sites (tertiary alicyclic amines) is 1. The summed E-state index contributed by atoms with van der Waals surface area (Å²) in [5.74, 6) is 0.709. The first kappa shape index (κ1) is 20.1. The van der Waals surface area contributed by atoms with Gasteiger partial charge in [0.1, 0.15) is 5.69 Å². The van der Waals surface area contributed by atoms with Crippen molar-refractivity contribution in [1.82, 2.24) is 14.7 Å². The second-order valence-corrected chi connectivity index (χ2v) is 8.35. The summed E-state index contributed by atoms with van der Waals surface area (Å²) < 4.78 is 13.8. The zero-order valence-electron chi connectivity index (χ0n) is 17.3. The fraction of sp³-hybridized carbons (Fsp3) is 0.565. The summed E-state index contributed by atoms with van der Waals surface area (Å²) >= 11 is 0. The van der Waals surface area contributed by atoms with E-state index in [2.05, 4.69) is 17.2 Å². The number of ether oxygens (including phenoxy) is 2. The van der Waals surface area contributed by atoms with Crippen molar-refractivity contribution >= 4 is 5.91 Å². The molecule has 1 aromatic carbocycles. The van der Waals surface area contributed by atoms with Gasteiger partial charge in [-0.25, -0.2) is 0 Å². The fourth-order valence-corrected chi connectivity index (χ4v) is 4.60. The summed E-state index contributed by atoms with van der Waals surface area (Å²) in [4.78, 5) is 14.7. The second-order valence-electron chi connectivity index (χ2n) is 8.35. The van der Waals surface area contributed by atoms with Crippen LogP contribution >= 0.6 is 0 Å². The van der Waals surface area contributed by atoms with Crippen molar-refractivity contribution in [2.75, 3.05) is 26.3 Å². The summed E-state index contributed by atoms with van der Waals surface area (Å²) in [6, 6.07) is 12.1. The lowest BCUT2D eigenvalue weighted by molar-refractivity contribution is -0.126. The first-order valence-electron chi connectivity index (χ1n) is 10.7. The number of carbonyl (C=O) groups excluding carboxylic acids is 1. The molecule has 2 aliphatic heterocycles. The van der Waals surface area contributed by atoms with Gasteiger partial charge < -0.3 is 14.4 Å². The minimum absolute atomic E-state index is 0.0639. The molecule has 1 unspecified atom stereocenters. The number of carbonyl (C=O) groups is 1. The molecule has 2 fully saturated rings. The van der Waals surface area contributed by atoms with Crippen LogP contribution in [0.5, 0.6) is 0 Å². The zero-order chi connectivity index (χ0) is 20.1. The Bertz CT molecular complexity index is 797. The van der Waals surface area contributed by atoms with E-state index < -0.39 is 0 Å². The third-order valence-electron chi connectivity index (χ3n) is 6.38. The van der Waals surface area contributed by atoms with Crippen LogP contribution in [0.15, 0.2) is 42.6 Å².